The number of rotatable bonds is 52. The van der Waals surface area contributed by atoms with Crippen LogP contribution in [0.4, 0.5) is 0 Å². The van der Waals surface area contributed by atoms with E-state index in [4.69, 9.17) is 14.2 Å². The Morgan fingerprint density at radius 1 is 0.313 bits per heavy atom. The van der Waals surface area contributed by atoms with Gasteiger partial charge in [0.2, 0.25) is 0 Å². The lowest BCUT2D eigenvalue weighted by molar-refractivity contribution is -0.167. The minimum absolute atomic E-state index is 0.0910. The van der Waals surface area contributed by atoms with Gasteiger partial charge in [0.05, 0.1) is 0 Å². The van der Waals surface area contributed by atoms with Gasteiger partial charge >= 0.3 is 17.9 Å². The molecule has 0 aliphatic heterocycles. The van der Waals surface area contributed by atoms with E-state index in [0.717, 1.165) is 89.9 Å². The molecule has 0 spiro atoms. The van der Waals surface area contributed by atoms with E-state index >= 15 is 0 Å². The lowest BCUT2D eigenvalue weighted by Crippen LogP contribution is -2.30. The monoisotopic (exact) mass is 937 g/mol. The molecule has 0 aliphatic carbocycles. The first-order valence-corrected chi connectivity index (χ1v) is 28.8. The summed E-state index contributed by atoms with van der Waals surface area (Å²) < 4.78 is 16.8. The summed E-state index contributed by atoms with van der Waals surface area (Å²) in [5.74, 6) is -0.923. The zero-order chi connectivity index (χ0) is 48.6. The highest BCUT2D eigenvalue weighted by atomic mass is 16.6. The van der Waals surface area contributed by atoms with Crippen molar-refractivity contribution in [2.45, 2.75) is 297 Å². The molecule has 0 saturated heterocycles. The Balaban J connectivity index is 4.44. The smallest absolute Gasteiger partial charge is 0.306 e. The van der Waals surface area contributed by atoms with Gasteiger partial charge in [0.25, 0.3) is 0 Å². The summed E-state index contributed by atoms with van der Waals surface area (Å²) >= 11 is 0. The first kappa shape index (κ1) is 64.1. The van der Waals surface area contributed by atoms with Crippen LogP contribution in [0.15, 0.2) is 60.8 Å². The van der Waals surface area contributed by atoms with E-state index in [2.05, 4.69) is 81.5 Å². The number of hydrogen-bond acceptors (Lipinski definition) is 6. The Labute approximate surface area is 415 Å². The van der Waals surface area contributed by atoms with Gasteiger partial charge in [0.1, 0.15) is 13.2 Å². The van der Waals surface area contributed by atoms with Crippen LogP contribution in [0, 0.1) is 0 Å². The van der Waals surface area contributed by atoms with Gasteiger partial charge in [-0.3, -0.25) is 14.4 Å². The minimum atomic E-state index is -0.795. The Hall–Kier alpha value is -2.89. The first-order chi connectivity index (χ1) is 33.0. The maximum atomic E-state index is 12.8. The number of carbonyl (C=O) groups is 3. The van der Waals surface area contributed by atoms with Crippen molar-refractivity contribution in [3.63, 3.8) is 0 Å². The number of carbonyl (C=O) groups excluding carboxylic acids is 3. The summed E-state index contributed by atoms with van der Waals surface area (Å²) in [6, 6.07) is 0. The van der Waals surface area contributed by atoms with Crippen LogP contribution in [0.1, 0.15) is 290 Å². The van der Waals surface area contributed by atoms with E-state index in [0.29, 0.717) is 19.3 Å². The molecule has 388 valence electrons. The Morgan fingerprint density at radius 2 is 0.582 bits per heavy atom. The van der Waals surface area contributed by atoms with Crippen molar-refractivity contribution in [1.82, 2.24) is 0 Å². The molecule has 0 aromatic heterocycles. The quantitative estimate of drug-likeness (QED) is 0.0199. The fraction of sp³-hybridized carbons (Fsp3) is 0.787. The van der Waals surface area contributed by atoms with Gasteiger partial charge in [0.15, 0.2) is 6.10 Å². The van der Waals surface area contributed by atoms with E-state index in [1.807, 2.05) is 0 Å². The van der Waals surface area contributed by atoms with Crippen LogP contribution in [0.2, 0.25) is 0 Å². The molecule has 0 saturated carbocycles. The molecule has 0 aromatic rings. The van der Waals surface area contributed by atoms with Crippen molar-refractivity contribution in [2.75, 3.05) is 13.2 Å². The molecule has 0 amide bonds. The Bertz CT molecular complexity index is 1210. The van der Waals surface area contributed by atoms with Gasteiger partial charge in [-0.05, 0) is 103 Å². The van der Waals surface area contributed by atoms with Crippen molar-refractivity contribution in [2.24, 2.45) is 0 Å². The number of allylic oxidation sites excluding steroid dienone is 10. The van der Waals surface area contributed by atoms with Crippen LogP contribution < -0.4 is 0 Å². The van der Waals surface area contributed by atoms with Gasteiger partial charge in [-0.2, -0.15) is 0 Å². The molecule has 1 unspecified atom stereocenters. The van der Waals surface area contributed by atoms with Crippen LogP contribution in [0.5, 0.6) is 0 Å². The maximum absolute atomic E-state index is 12.8. The molecular formula is C61H108O6. The van der Waals surface area contributed by atoms with E-state index in [-0.39, 0.29) is 31.1 Å². The average molecular weight is 938 g/mol. The van der Waals surface area contributed by atoms with Crippen LogP contribution in [-0.4, -0.2) is 37.2 Å². The fourth-order valence-electron chi connectivity index (χ4n) is 8.11. The highest BCUT2D eigenvalue weighted by Crippen LogP contribution is 2.15. The summed E-state index contributed by atoms with van der Waals surface area (Å²) in [7, 11) is 0. The molecule has 0 radical (unpaired) electrons. The molecule has 6 heteroatoms. The van der Waals surface area contributed by atoms with Crippen molar-refractivity contribution in [3.05, 3.63) is 60.8 Å². The van der Waals surface area contributed by atoms with Crippen LogP contribution in [-0.2, 0) is 28.6 Å². The second kappa shape index (κ2) is 55.7. The van der Waals surface area contributed by atoms with Crippen molar-refractivity contribution in [1.29, 1.82) is 0 Å². The summed E-state index contributed by atoms with van der Waals surface area (Å²) in [6.45, 7) is 6.59. The lowest BCUT2D eigenvalue weighted by Gasteiger charge is -2.18. The van der Waals surface area contributed by atoms with Gasteiger partial charge in [-0.25, -0.2) is 0 Å². The predicted molar refractivity (Wildman–Crippen MR) is 288 cm³/mol. The number of ether oxygens (including phenoxy) is 3. The second-order valence-electron chi connectivity index (χ2n) is 19.2. The average Bonchev–Trinajstić information content (AvgIpc) is 3.33. The normalized spacial score (nSPS) is 12.5. The second-order valence-corrected chi connectivity index (χ2v) is 19.2. The third kappa shape index (κ3) is 53.9. The zero-order valence-corrected chi connectivity index (χ0v) is 44.4. The van der Waals surface area contributed by atoms with E-state index in [9.17, 15) is 14.4 Å². The summed E-state index contributed by atoms with van der Waals surface area (Å²) in [4.78, 5) is 38.1. The maximum Gasteiger partial charge on any atom is 0.306 e. The summed E-state index contributed by atoms with van der Waals surface area (Å²) in [5, 5.41) is 0. The van der Waals surface area contributed by atoms with Crippen molar-refractivity contribution >= 4 is 17.9 Å². The minimum Gasteiger partial charge on any atom is -0.462 e. The van der Waals surface area contributed by atoms with Gasteiger partial charge < -0.3 is 14.2 Å². The molecule has 0 fully saturated rings. The van der Waals surface area contributed by atoms with E-state index in [1.165, 1.54) is 161 Å². The Kier molecular flexibility index (Phi) is 53.3. The number of unbranched alkanes of at least 4 members (excludes halogenated alkanes) is 32. The lowest BCUT2D eigenvalue weighted by atomic mass is 10.1. The molecule has 0 N–H and O–H groups in total. The van der Waals surface area contributed by atoms with E-state index < -0.39 is 6.10 Å². The van der Waals surface area contributed by atoms with Gasteiger partial charge in [-0.15, -0.1) is 0 Å². The standard InChI is InChI=1S/C61H108O6/c1-4-7-10-13-16-19-22-25-28-31-34-36-39-42-45-48-51-54-60(63)66-57-58(67-61(64)55-52-49-46-43-40-37-33-30-27-24-21-18-15-12-9-6-3)56-65-59(62)53-50-47-44-41-38-35-32-29-26-23-20-17-14-11-8-5-2/h16,19,25,28-30,32-33,37,40,58H,4-15,17-18,20-24,26-27,31,34-36,38-39,41-57H2,1-3H3/b19-16-,28-25-,32-29-,33-30-,40-37-. The van der Waals surface area contributed by atoms with Gasteiger partial charge in [0, 0.05) is 19.3 Å². The SMILES string of the molecule is CCCCC/C=C\C/C=C\CCCCCCCCCC(=O)OCC(COC(=O)CCCCCCC/C=C\CCCCCCCCC)OC(=O)CCCCC/C=C\C=C/CCCCCCCCC. The number of hydrogen-bond donors (Lipinski definition) is 0. The third-order valence-electron chi connectivity index (χ3n) is 12.5. The molecule has 0 aromatic carbocycles. The zero-order valence-electron chi connectivity index (χ0n) is 44.4. The molecule has 6 nitrogen and oxygen atoms in total. The largest absolute Gasteiger partial charge is 0.462 e. The molecule has 0 aliphatic rings. The molecule has 0 rings (SSSR count). The molecule has 0 bridgehead atoms. The molecule has 67 heavy (non-hydrogen) atoms. The van der Waals surface area contributed by atoms with Crippen LogP contribution >= 0.6 is 0 Å². The summed E-state index contributed by atoms with van der Waals surface area (Å²) in [6.07, 6.45) is 69.2. The van der Waals surface area contributed by atoms with E-state index in [1.54, 1.807) is 0 Å². The van der Waals surface area contributed by atoms with Crippen molar-refractivity contribution in [3.8, 4) is 0 Å². The highest BCUT2D eigenvalue weighted by molar-refractivity contribution is 5.71. The molecule has 1 atom stereocenters. The molecular weight excluding hydrogens is 829 g/mol. The first-order valence-electron chi connectivity index (χ1n) is 28.8. The van der Waals surface area contributed by atoms with Crippen molar-refractivity contribution < 1.29 is 28.6 Å². The fourth-order valence-corrected chi connectivity index (χ4v) is 8.11. The predicted octanol–water partition coefficient (Wildman–Crippen LogP) is 19.2. The third-order valence-corrected chi connectivity index (χ3v) is 12.5. The topological polar surface area (TPSA) is 78.9 Å². The van der Waals surface area contributed by atoms with Gasteiger partial charge in [-0.1, -0.05) is 229 Å². The molecule has 0 heterocycles. The number of esters is 3. The highest BCUT2D eigenvalue weighted by Gasteiger charge is 2.19. The van der Waals surface area contributed by atoms with Crippen LogP contribution in [0.25, 0.3) is 0 Å². The Morgan fingerprint density at radius 3 is 0.970 bits per heavy atom. The summed E-state index contributed by atoms with van der Waals surface area (Å²) in [5.41, 5.74) is 0. The van der Waals surface area contributed by atoms with Crippen LogP contribution in [0.3, 0.4) is 0 Å².